The second kappa shape index (κ2) is 3.99. The Kier molecular flexibility index (Phi) is 2.53. The van der Waals surface area contributed by atoms with Gasteiger partial charge in [-0.2, -0.15) is 11.3 Å². The van der Waals surface area contributed by atoms with E-state index in [1.54, 1.807) is 29.5 Å². The summed E-state index contributed by atoms with van der Waals surface area (Å²) in [7, 11) is 0. The van der Waals surface area contributed by atoms with Crippen LogP contribution < -0.4 is 0 Å². The van der Waals surface area contributed by atoms with Crippen LogP contribution in [-0.2, 0) is 0 Å². The van der Waals surface area contributed by atoms with Crippen LogP contribution in [0, 0.1) is 11.8 Å². The van der Waals surface area contributed by atoms with Gasteiger partial charge in [0.2, 0.25) is 0 Å². The van der Waals surface area contributed by atoms with E-state index >= 15 is 0 Å². The molecule has 0 radical (unpaired) electrons. The van der Waals surface area contributed by atoms with Gasteiger partial charge in [0.15, 0.2) is 0 Å². The van der Waals surface area contributed by atoms with Crippen molar-refractivity contribution in [3.05, 3.63) is 52.2 Å². The van der Waals surface area contributed by atoms with Gasteiger partial charge in [-0.25, -0.2) is 0 Å². The van der Waals surface area contributed by atoms with Gasteiger partial charge in [0.1, 0.15) is 5.75 Å². The molecule has 0 aliphatic heterocycles. The van der Waals surface area contributed by atoms with E-state index in [-0.39, 0.29) is 5.75 Å². The first-order valence-corrected chi connectivity index (χ1v) is 5.12. The monoisotopic (exact) mass is 200 g/mol. The maximum Gasteiger partial charge on any atom is 0.116 e. The molecule has 0 bridgehead atoms. The molecule has 0 unspecified atom stereocenters. The number of thiophene rings is 1. The first kappa shape index (κ1) is 8.86. The fraction of sp³-hybridized carbons (Fsp3) is 0. The molecule has 0 atom stereocenters. The van der Waals surface area contributed by atoms with Gasteiger partial charge in [0.05, 0.1) is 0 Å². The quantitative estimate of drug-likeness (QED) is 0.648. The first-order valence-electron chi connectivity index (χ1n) is 4.18. The van der Waals surface area contributed by atoms with Crippen LogP contribution in [0.15, 0.2) is 41.1 Å². The lowest BCUT2D eigenvalue weighted by Gasteiger charge is -1.90. The van der Waals surface area contributed by atoms with Crippen LogP contribution in [0.4, 0.5) is 0 Å². The zero-order valence-corrected chi connectivity index (χ0v) is 8.21. The summed E-state index contributed by atoms with van der Waals surface area (Å²) in [6.45, 7) is 0. The second-order valence-corrected chi connectivity index (χ2v) is 3.59. The van der Waals surface area contributed by atoms with Crippen molar-refractivity contribution in [3.63, 3.8) is 0 Å². The smallest absolute Gasteiger partial charge is 0.116 e. The number of benzene rings is 1. The average molecular weight is 200 g/mol. The van der Waals surface area contributed by atoms with Crippen molar-refractivity contribution in [1.29, 1.82) is 0 Å². The Morgan fingerprint density at radius 3 is 2.64 bits per heavy atom. The van der Waals surface area contributed by atoms with Crippen molar-refractivity contribution in [2.75, 3.05) is 0 Å². The third-order valence-electron chi connectivity index (χ3n) is 1.72. The zero-order chi connectivity index (χ0) is 9.80. The van der Waals surface area contributed by atoms with Gasteiger partial charge in [0.25, 0.3) is 0 Å². The Hall–Kier alpha value is -1.72. The van der Waals surface area contributed by atoms with Crippen LogP contribution in [0.3, 0.4) is 0 Å². The van der Waals surface area contributed by atoms with E-state index in [0.717, 1.165) is 11.1 Å². The van der Waals surface area contributed by atoms with Gasteiger partial charge in [0, 0.05) is 16.5 Å². The number of hydrogen-bond acceptors (Lipinski definition) is 2. The van der Waals surface area contributed by atoms with Crippen molar-refractivity contribution >= 4 is 11.3 Å². The van der Waals surface area contributed by atoms with E-state index in [9.17, 15) is 5.11 Å². The van der Waals surface area contributed by atoms with Crippen LogP contribution in [-0.4, -0.2) is 5.11 Å². The Labute approximate surface area is 86.7 Å². The van der Waals surface area contributed by atoms with Crippen LogP contribution in [0.1, 0.15) is 11.1 Å². The number of phenols is 1. The standard InChI is InChI=1S/C12H8OS/c13-12-3-1-2-10(8-12)4-5-11-6-7-14-9-11/h1-3,6-9,13H. The Balaban J connectivity index is 2.26. The molecule has 2 aromatic rings. The summed E-state index contributed by atoms with van der Waals surface area (Å²) in [5, 5.41) is 13.2. The summed E-state index contributed by atoms with van der Waals surface area (Å²) in [5.74, 6) is 6.25. The topological polar surface area (TPSA) is 20.2 Å². The van der Waals surface area contributed by atoms with Gasteiger partial charge >= 0.3 is 0 Å². The summed E-state index contributed by atoms with van der Waals surface area (Å²) in [4.78, 5) is 0. The lowest BCUT2D eigenvalue weighted by Crippen LogP contribution is -1.72. The summed E-state index contributed by atoms with van der Waals surface area (Å²) in [6.07, 6.45) is 0. The molecule has 1 heterocycles. The van der Waals surface area contributed by atoms with Crippen molar-refractivity contribution in [2.24, 2.45) is 0 Å². The highest BCUT2D eigenvalue weighted by molar-refractivity contribution is 7.08. The number of hydrogen-bond donors (Lipinski definition) is 1. The molecule has 0 aliphatic carbocycles. The molecule has 0 spiro atoms. The maximum atomic E-state index is 9.20. The van der Waals surface area contributed by atoms with Crippen LogP contribution >= 0.6 is 11.3 Å². The molecule has 0 amide bonds. The SMILES string of the molecule is Oc1cccc(C#Cc2ccsc2)c1. The van der Waals surface area contributed by atoms with E-state index in [1.165, 1.54) is 0 Å². The van der Waals surface area contributed by atoms with Crippen molar-refractivity contribution < 1.29 is 5.11 Å². The lowest BCUT2D eigenvalue weighted by molar-refractivity contribution is 0.475. The highest BCUT2D eigenvalue weighted by Crippen LogP contribution is 2.10. The number of rotatable bonds is 0. The van der Waals surface area contributed by atoms with Crippen molar-refractivity contribution in [2.45, 2.75) is 0 Å². The Morgan fingerprint density at radius 2 is 1.93 bits per heavy atom. The van der Waals surface area contributed by atoms with Crippen molar-refractivity contribution in [1.82, 2.24) is 0 Å². The average Bonchev–Trinajstić information content (AvgIpc) is 2.67. The molecule has 1 aromatic carbocycles. The minimum absolute atomic E-state index is 0.252. The predicted molar refractivity (Wildman–Crippen MR) is 58.4 cm³/mol. The lowest BCUT2D eigenvalue weighted by atomic mass is 10.2. The van der Waals surface area contributed by atoms with E-state index in [2.05, 4.69) is 11.8 Å². The van der Waals surface area contributed by atoms with Crippen LogP contribution in [0.25, 0.3) is 0 Å². The normalized spacial score (nSPS) is 9.14. The molecule has 68 valence electrons. The third-order valence-corrected chi connectivity index (χ3v) is 2.40. The van der Waals surface area contributed by atoms with Gasteiger partial charge in [-0.3, -0.25) is 0 Å². The van der Waals surface area contributed by atoms with Gasteiger partial charge < -0.3 is 5.11 Å². The molecule has 1 nitrogen and oxygen atoms in total. The second-order valence-electron chi connectivity index (χ2n) is 2.81. The molecular formula is C12H8OS. The minimum Gasteiger partial charge on any atom is -0.508 e. The Bertz CT molecular complexity index is 475. The predicted octanol–water partition coefficient (Wildman–Crippen LogP) is 2.85. The summed E-state index contributed by atoms with van der Waals surface area (Å²) in [6, 6.07) is 8.92. The Morgan fingerprint density at radius 1 is 1.07 bits per heavy atom. The largest absolute Gasteiger partial charge is 0.508 e. The van der Waals surface area contributed by atoms with Crippen LogP contribution in [0.5, 0.6) is 5.75 Å². The molecule has 1 aromatic heterocycles. The molecule has 14 heavy (non-hydrogen) atoms. The molecule has 0 fully saturated rings. The summed E-state index contributed by atoms with van der Waals surface area (Å²) < 4.78 is 0. The molecule has 2 rings (SSSR count). The van der Waals surface area contributed by atoms with Gasteiger partial charge in [-0.05, 0) is 29.6 Å². The molecule has 2 heteroatoms. The highest BCUT2D eigenvalue weighted by atomic mass is 32.1. The van der Waals surface area contributed by atoms with Crippen molar-refractivity contribution in [3.8, 4) is 17.6 Å². The molecular weight excluding hydrogens is 192 g/mol. The van der Waals surface area contributed by atoms with E-state index < -0.39 is 0 Å². The molecule has 0 saturated carbocycles. The van der Waals surface area contributed by atoms with E-state index in [0.29, 0.717) is 0 Å². The minimum atomic E-state index is 0.252. The number of aromatic hydroxyl groups is 1. The van der Waals surface area contributed by atoms with Gasteiger partial charge in [-0.1, -0.05) is 17.9 Å². The van der Waals surface area contributed by atoms with Gasteiger partial charge in [-0.15, -0.1) is 0 Å². The zero-order valence-electron chi connectivity index (χ0n) is 7.40. The van der Waals surface area contributed by atoms with E-state index in [1.807, 2.05) is 22.9 Å². The summed E-state index contributed by atoms with van der Waals surface area (Å²) in [5.41, 5.74) is 1.84. The van der Waals surface area contributed by atoms with Crippen LogP contribution in [0.2, 0.25) is 0 Å². The number of phenolic OH excluding ortho intramolecular Hbond substituents is 1. The first-order chi connectivity index (χ1) is 6.84. The van der Waals surface area contributed by atoms with E-state index in [4.69, 9.17) is 0 Å². The molecule has 0 aliphatic rings. The summed E-state index contributed by atoms with van der Waals surface area (Å²) >= 11 is 1.63. The molecule has 0 saturated heterocycles. The highest BCUT2D eigenvalue weighted by Gasteiger charge is 1.89. The fourth-order valence-electron chi connectivity index (χ4n) is 1.06. The molecule has 1 N–H and O–H groups in total. The third kappa shape index (κ3) is 2.15. The maximum absolute atomic E-state index is 9.20. The fourth-order valence-corrected chi connectivity index (χ4v) is 1.65.